The molecule has 0 fully saturated rings. The summed E-state index contributed by atoms with van der Waals surface area (Å²) in [5, 5.41) is 4.63. The first-order valence-electron chi connectivity index (χ1n) is 9.14. The van der Waals surface area contributed by atoms with E-state index < -0.39 is 0 Å². The second-order valence-corrected chi connectivity index (χ2v) is 6.88. The van der Waals surface area contributed by atoms with Gasteiger partial charge in [-0.3, -0.25) is 14.6 Å². The quantitative estimate of drug-likeness (QED) is 0.427. The summed E-state index contributed by atoms with van der Waals surface area (Å²) in [4.78, 5) is 31.2. The minimum absolute atomic E-state index is 0.0234. The third-order valence-corrected chi connectivity index (χ3v) is 4.84. The molecule has 0 saturated heterocycles. The summed E-state index contributed by atoms with van der Waals surface area (Å²) in [5.74, 6) is 0.666. The molecule has 0 saturated carbocycles. The van der Waals surface area contributed by atoms with Crippen molar-refractivity contribution in [3.8, 4) is 23.2 Å². The highest BCUT2D eigenvalue weighted by Gasteiger charge is 2.24. The predicted octanol–water partition coefficient (Wildman–Crippen LogP) is 3.31. The Kier molecular flexibility index (Phi) is 3.90. The van der Waals surface area contributed by atoms with E-state index in [4.69, 9.17) is 9.47 Å². The van der Waals surface area contributed by atoms with Gasteiger partial charge in [0.1, 0.15) is 16.9 Å². The molecule has 0 spiro atoms. The van der Waals surface area contributed by atoms with Gasteiger partial charge in [0.25, 0.3) is 5.56 Å². The number of para-hydroxylation sites is 1. The number of nitrogens with zero attached hydrogens (tertiary/aromatic N) is 3. The molecular weight excluding hydrogens is 372 g/mol. The minimum Gasteiger partial charge on any atom is -0.426 e. The van der Waals surface area contributed by atoms with Gasteiger partial charge in [-0.2, -0.15) is 10.1 Å². The molecule has 1 aliphatic rings. The molecule has 4 aromatic rings. The highest BCUT2D eigenvalue weighted by molar-refractivity contribution is 5.77. The molecule has 1 aliphatic heterocycles. The van der Waals surface area contributed by atoms with Crippen molar-refractivity contribution in [3.63, 3.8) is 0 Å². The van der Waals surface area contributed by atoms with Crippen LogP contribution in [0.1, 0.15) is 24.8 Å². The Morgan fingerprint density at radius 3 is 2.83 bits per heavy atom. The monoisotopic (exact) mass is 388 g/mol. The molecule has 0 amide bonds. The number of ether oxygens (including phenoxy) is 2. The third kappa shape index (κ3) is 3.04. The summed E-state index contributed by atoms with van der Waals surface area (Å²) in [5.41, 5.74) is 1.75. The molecule has 5 rings (SSSR count). The first-order chi connectivity index (χ1) is 14.1. The molecule has 8 nitrogen and oxygen atoms in total. The highest BCUT2D eigenvalue weighted by Crippen LogP contribution is 2.37. The normalized spacial score (nSPS) is 15.8. The first kappa shape index (κ1) is 17.2. The van der Waals surface area contributed by atoms with Crippen LogP contribution < -0.4 is 15.0 Å². The first-order valence-corrected chi connectivity index (χ1v) is 9.14. The van der Waals surface area contributed by atoms with Crippen molar-refractivity contribution >= 4 is 17.0 Å². The largest absolute Gasteiger partial charge is 0.426 e. The second-order valence-electron chi connectivity index (χ2n) is 6.88. The molecule has 0 radical (unpaired) electrons. The average molecular weight is 388 g/mol. The Morgan fingerprint density at radius 2 is 2.00 bits per heavy atom. The van der Waals surface area contributed by atoms with E-state index in [-0.39, 0.29) is 23.5 Å². The van der Waals surface area contributed by atoms with Gasteiger partial charge in [-0.1, -0.05) is 31.2 Å². The lowest BCUT2D eigenvalue weighted by Crippen LogP contribution is -2.18. The number of rotatable bonds is 3. The molecule has 1 unspecified atom stereocenters. The fraction of sp³-hybridized carbons (Fsp3) is 0.143. The third-order valence-electron chi connectivity index (χ3n) is 4.84. The fourth-order valence-corrected chi connectivity index (χ4v) is 3.41. The number of nitrogens with one attached hydrogen (secondary N) is 1. The SMILES string of the molecule is CC1CC(=O)Oc2cc(Oc3nc4c(cnn4-c4ccccc4)c(=O)[nH]3)ccc21. The Hall–Kier alpha value is -3.94. The number of aromatic nitrogens is 4. The molecule has 1 atom stereocenters. The maximum absolute atomic E-state index is 12.5. The fourth-order valence-electron chi connectivity index (χ4n) is 3.41. The average Bonchev–Trinajstić information content (AvgIpc) is 3.13. The van der Waals surface area contributed by atoms with Crippen LogP contribution >= 0.6 is 0 Å². The Morgan fingerprint density at radius 1 is 1.17 bits per heavy atom. The lowest BCUT2D eigenvalue weighted by atomic mass is 9.95. The summed E-state index contributed by atoms with van der Waals surface area (Å²) in [6.45, 7) is 1.97. The molecule has 0 bridgehead atoms. The van der Waals surface area contributed by atoms with Gasteiger partial charge in [-0.25, -0.2) is 4.68 Å². The molecule has 2 aromatic carbocycles. The van der Waals surface area contributed by atoms with Gasteiger partial charge in [-0.15, -0.1) is 0 Å². The number of H-pyrrole nitrogens is 1. The highest BCUT2D eigenvalue weighted by atomic mass is 16.5. The van der Waals surface area contributed by atoms with Crippen molar-refractivity contribution in [3.05, 3.63) is 70.6 Å². The van der Waals surface area contributed by atoms with E-state index in [1.54, 1.807) is 16.8 Å². The molecular formula is C21H16N4O4. The number of fused-ring (bicyclic) bond motifs is 2. The van der Waals surface area contributed by atoms with Gasteiger partial charge in [0.2, 0.25) is 0 Å². The van der Waals surface area contributed by atoms with Crippen LogP contribution in [0, 0.1) is 0 Å². The number of carbonyl (C=O) groups is 1. The molecule has 3 heterocycles. The Bertz CT molecular complexity index is 1290. The van der Waals surface area contributed by atoms with Crippen LogP contribution in [0.25, 0.3) is 16.7 Å². The minimum atomic E-state index is -0.356. The lowest BCUT2D eigenvalue weighted by molar-refractivity contribution is -0.135. The van der Waals surface area contributed by atoms with Crippen molar-refractivity contribution in [1.82, 2.24) is 19.7 Å². The van der Waals surface area contributed by atoms with Gasteiger partial charge < -0.3 is 9.47 Å². The van der Waals surface area contributed by atoms with Crippen LogP contribution in [0.5, 0.6) is 17.5 Å². The van der Waals surface area contributed by atoms with Crippen LogP contribution in [-0.2, 0) is 4.79 Å². The summed E-state index contributed by atoms with van der Waals surface area (Å²) >= 11 is 0. The van der Waals surface area contributed by atoms with E-state index in [0.29, 0.717) is 29.0 Å². The molecule has 29 heavy (non-hydrogen) atoms. The smallest absolute Gasteiger partial charge is 0.311 e. The molecule has 2 aromatic heterocycles. The summed E-state index contributed by atoms with van der Waals surface area (Å²) in [6.07, 6.45) is 1.82. The van der Waals surface area contributed by atoms with E-state index in [1.165, 1.54) is 6.20 Å². The zero-order valence-electron chi connectivity index (χ0n) is 15.5. The van der Waals surface area contributed by atoms with Gasteiger partial charge in [0, 0.05) is 6.07 Å². The topological polar surface area (TPSA) is 99.1 Å². The van der Waals surface area contributed by atoms with E-state index in [0.717, 1.165) is 11.3 Å². The van der Waals surface area contributed by atoms with Crippen LogP contribution in [0.4, 0.5) is 0 Å². The van der Waals surface area contributed by atoms with Gasteiger partial charge >= 0.3 is 12.0 Å². The van der Waals surface area contributed by atoms with Crippen molar-refractivity contribution in [1.29, 1.82) is 0 Å². The molecule has 8 heteroatoms. The number of hydrogen-bond acceptors (Lipinski definition) is 6. The standard InChI is InChI=1S/C21H16N4O4/c1-12-9-18(26)29-17-10-14(7-8-15(12)17)28-21-23-19-16(20(27)24-21)11-22-25(19)13-5-3-2-4-6-13/h2-8,10-12H,9H2,1H3,(H,23,24,27). The number of benzene rings is 2. The number of aromatic amines is 1. The molecule has 1 N–H and O–H groups in total. The lowest BCUT2D eigenvalue weighted by Gasteiger charge is -2.21. The van der Waals surface area contributed by atoms with E-state index >= 15 is 0 Å². The maximum Gasteiger partial charge on any atom is 0.311 e. The summed E-state index contributed by atoms with van der Waals surface area (Å²) in [6, 6.07) is 14.7. The van der Waals surface area contributed by atoms with E-state index in [9.17, 15) is 9.59 Å². The summed E-state index contributed by atoms with van der Waals surface area (Å²) in [7, 11) is 0. The zero-order chi connectivity index (χ0) is 20.0. The Labute approximate surface area is 164 Å². The van der Waals surface area contributed by atoms with Crippen molar-refractivity contribution in [2.45, 2.75) is 19.3 Å². The van der Waals surface area contributed by atoms with Crippen LogP contribution in [0.2, 0.25) is 0 Å². The van der Waals surface area contributed by atoms with Gasteiger partial charge in [0.15, 0.2) is 5.65 Å². The van der Waals surface area contributed by atoms with Crippen molar-refractivity contribution < 1.29 is 14.3 Å². The Balaban J connectivity index is 1.54. The second kappa shape index (κ2) is 6.59. The molecule has 144 valence electrons. The molecule has 0 aliphatic carbocycles. The number of esters is 1. The van der Waals surface area contributed by atoms with Crippen LogP contribution in [0.15, 0.2) is 59.5 Å². The van der Waals surface area contributed by atoms with Gasteiger partial charge in [0.05, 0.1) is 18.3 Å². The van der Waals surface area contributed by atoms with Gasteiger partial charge in [-0.05, 0) is 29.7 Å². The number of hydrogen-bond donors (Lipinski definition) is 1. The van der Waals surface area contributed by atoms with Crippen LogP contribution in [-0.4, -0.2) is 25.7 Å². The zero-order valence-corrected chi connectivity index (χ0v) is 15.5. The van der Waals surface area contributed by atoms with E-state index in [1.807, 2.05) is 43.3 Å². The van der Waals surface area contributed by atoms with Crippen molar-refractivity contribution in [2.24, 2.45) is 0 Å². The predicted molar refractivity (Wildman–Crippen MR) is 105 cm³/mol. The number of carbonyl (C=O) groups excluding carboxylic acids is 1. The van der Waals surface area contributed by atoms with Crippen molar-refractivity contribution in [2.75, 3.05) is 0 Å². The van der Waals surface area contributed by atoms with E-state index in [2.05, 4.69) is 15.1 Å². The summed E-state index contributed by atoms with van der Waals surface area (Å²) < 4.78 is 12.7. The van der Waals surface area contributed by atoms with Crippen LogP contribution in [0.3, 0.4) is 0 Å². The maximum atomic E-state index is 12.5.